The maximum Gasteiger partial charge on any atom is 0.0858 e. The number of hydrogen-bond donors (Lipinski definition) is 0. The third-order valence-corrected chi connectivity index (χ3v) is 3.45. The van der Waals surface area contributed by atoms with E-state index in [1.165, 1.54) is 15.0 Å². The Hall–Kier alpha value is -0.860. The lowest BCUT2D eigenvalue weighted by atomic mass is 10.2. The molecule has 0 radical (unpaired) electrons. The van der Waals surface area contributed by atoms with Gasteiger partial charge in [0.1, 0.15) is 0 Å². The molecule has 1 saturated heterocycles. The quantitative estimate of drug-likeness (QED) is 0.663. The number of thiophene rings is 1. The number of rotatable bonds is 2. The van der Waals surface area contributed by atoms with Crippen LogP contribution in [-0.4, -0.2) is 12.7 Å². The van der Waals surface area contributed by atoms with Crippen LogP contribution in [-0.2, 0) is 11.2 Å². The van der Waals surface area contributed by atoms with Crippen LogP contribution in [0, 0.1) is 0 Å². The van der Waals surface area contributed by atoms with E-state index in [1.807, 2.05) is 11.3 Å². The van der Waals surface area contributed by atoms with Gasteiger partial charge in [-0.05, 0) is 17.5 Å². The SMILES string of the molecule is c1ccc2sc(CC3CO3)cc2c1. The maximum absolute atomic E-state index is 5.22. The van der Waals surface area contributed by atoms with Gasteiger partial charge in [-0.2, -0.15) is 0 Å². The van der Waals surface area contributed by atoms with E-state index in [0.717, 1.165) is 13.0 Å². The Bertz CT molecular complexity index is 395. The molecule has 1 aliphatic heterocycles. The molecule has 1 fully saturated rings. The number of epoxide rings is 1. The molecule has 0 spiro atoms. The van der Waals surface area contributed by atoms with Crippen LogP contribution in [0.15, 0.2) is 30.3 Å². The van der Waals surface area contributed by atoms with Crippen molar-refractivity contribution in [2.45, 2.75) is 12.5 Å². The molecule has 1 unspecified atom stereocenters. The van der Waals surface area contributed by atoms with Crippen LogP contribution in [0.2, 0.25) is 0 Å². The Kier molecular flexibility index (Phi) is 1.64. The molecule has 66 valence electrons. The lowest BCUT2D eigenvalue weighted by molar-refractivity contribution is 0.408. The number of fused-ring (bicyclic) bond motifs is 1. The van der Waals surface area contributed by atoms with Gasteiger partial charge in [-0.3, -0.25) is 0 Å². The molecule has 1 atom stereocenters. The van der Waals surface area contributed by atoms with Crippen molar-refractivity contribution in [2.24, 2.45) is 0 Å². The van der Waals surface area contributed by atoms with E-state index in [-0.39, 0.29) is 0 Å². The van der Waals surface area contributed by atoms with Crippen LogP contribution in [0.5, 0.6) is 0 Å². The number of benzene rings is 1. The predicted octanol–water partition coefficient (Wildman–Crippen LogP) is 2.84. The molecule has 0 amide bonds. The van der Waals surface area contributed by atoms with Crippen LogP contribution in [0.3, 0.4) is 0 Å². The molecule has 0 aliphatic carbocycles. The molecule has 1 aromatic carbocycles. The van der Waals surface area contributed by atoms with E-state index < -0.39 is 0 Å². The van der Waals surface area contributed by atoms with E-state index in [9.17, 15) is 0 Å². The standard InChI is InChI=1S/C11H10OS/c1-2-4-11-8(3-1)5-10(13-11)6-9-7-12-9/h1-5,9H,6-7H2. The van der Waals surface area contributed by atoms with Gasteiger partial charge in [0.2, 0.25) is 0 Å². The molecule has 1 aromatic heterocycles. The summed E-state index contributed by atoms with van der Waals surface area (Å²) in [7, 11) is 0. The van der Waals surface area contributed by atoms with Crippen molar-refractivity contribution in [1.29, 1.82) is 0 Å². The Morgan fingerprint density at radius 2 is 2.23 bits per heavy atom. The first kappa shape index (κ1) is 7.54. The first-order chi connectivity index (χ1) is 6.42. The maximum atomic E-state index is 5.22. The second kappa shape index (κ2) is 2.82. The topological polar surface area (TPSA) is 12.5 Å². The third kappa shape index (κ3) is 1.47. The molecule has 0 bridgehead atoms. The van der Waals surface area contributed by atoms with Gasteiger partial charge in [0, 0.05) is 16.0 Å². The predicted molar refractivity (Wildman–Crippen MR) is 55.3 cm³/mol. The Balaban J connectivity index is 2.00. The second-order valence-electron chi connectivity index (χ2n) is 3.41. The minimum atomic E-state index is 0.507. The first-order valence-electron chi connectivity index (χ1n) is 4.51. The summed E-state index contributed by atoms with van der Waals surface area (Å²) < 4.78 is 6.60. The molecular weight excluding hydrogens is 180 g/mol. The van der Waals surface area contributed by atoms with Gasteiger partial charge in [0.15, 0.2) is 0 Å². The van der Waals surface area contributed by atoms with Crippen molar-refractivity contribution in [2.75, 3.05) is 6.61 Å². The molecule has 2 aromatic rings. The van der Waals surface area contributed by atoms with Crippen molar-refractivity contribution < 1.29 is 4.74 Å². The summed E-state index contributed by atoms with van der Waals surface area (Å²) in [4.78, 5) is 1.45. The normalized spacial score (nSPS) is 20.8. The van der Waals surface area contributed by atoms with Gasteiger partial charge >= 0.3 is 0 Å². The van der Waals surface area contributed by atoms with Gasteiger partial charge in [-0.25, -0.2) is 0 Å². The van der Waals surface area contributed by atoms with E-state index in [2.05, 4.69) is 30.3 Å². The van der Waals surface area contributed by atoms with Gasteiger partial charge in [0.05, 0.1) is 12.7 Å². The fraction of sp³-hybridized carbons (Fsp3) is 0.273. The highest BCUT2D eigenvalue weighted by molar-refractivity contribution is 7.19. The summed E-state index contributed by atoms with van der Waals surface area (Å²) in [6.45, 7) is 0.953. The molecule has 2 heterocycles. The second-order valence-corrected chi connectivity index (χ2v) is 4.58. The molecule has 2 heteroatoms. The molecule has 3 rings (SSSR count). The monoisotopic (exact) mass is 190 g/mol. The van der Waals surface area contributed by atoms with Gasteiger partial charge < -0.3 is 4.74 Å². The van der Waals surface area contributed by atoms with Crippen LogP contribution in [0.1, 0.15) is 4.88 Å². The van der Waals surface area contributed by atoms with Gasteiger partial charge in [0.25, 0.3) is 0 Å². The van der Waals surface area contributed by atoms with Crippen LogP contribution < -0.4 is 0 Å². The van der Waals surface area contributed by atoms with E-state index in [0.29, 0.717) is 6.10 Å². The summed E-state index contributed by atoms with van der Waals surface area (Å²) in [5, 5.41) is 1.36. The minimum Gasteiger partial charge on any atom is -0.373 e. The number of ether oxygens (including phenoxy) is 1. The van der Waals surface area contributed by atoms with Crippen molar-refractivity contribution in [3.05, 3.63) is 35.2 Å². The summed E-state index contributed by atoms with van der Waals surface area (Å²) in [5.74, 6) is 0. The summed E-state index contributed by atoms with van der Waals surface area (Å²) in [6.07, 6.45) is 1.60. The highest BCUT2D eigenvalue weighted by atomic mass is 32.1. The van der Waals surface area contributed by atoms with Gasteiger partial charge in [-0.1, -0.05) is 18.2 Å². The Labute approximate surface area is 81.0 Å². The molecule has 0 N–H and O–H groups in total. The zero-order valence-electron chi connectivity index (χ0n) is 7.19. The number of hydrogen-bond acceptors (Lipinski definition) is 2. The zero-order valence-corrected chi connectivity index (χ0v) is 8.01. The van der Waals surface area contributed by atoms with Crippen molar-refractivity contribution >= 4 is 21.4 Å². The van der Waals surface area contributed by atoms with Crippen LogP contribution in [0.25, 0.3) is 10.1 Å². The van der Waals surface area contributed by atoms with Gasteiger partial charge in [-0.15, -0.1) is 11.3 Å². The Morgan fingerprint density at radius 3 is 3.00 bits per heavy atom. The largest absolute Gasteiger partial charge is 0.373 e. The molecule has 1 nitrogen and oxygen atoms in total. The Morgan fingerprint density at radius 1 is 1.38 bits per heavy atom. The van der Waals surface area contributed by atoms with Crippen LogP contribution >= 0.6 is 11.3 Å². The fourth-order valence-corrected chi connectivity index (χ4v) is 2.68. The van der Waals surface area contributed by atoms with Crippen molar-refractivity contribution in [3.63, 3.8) is 0 Å². The highest BCUT2D eigenvalue weighted by Crippen LogP contribution is 2.28. The average Bonchev–Trinajstić information content (AvgIpc) is 2.85. The van der Waals surface area contributed by atoms with Crippen molar-refractivity contribution in [1.82, 2.24) is 0 Å². The molecular formula is C11H10OS. The minimum absolute atomic E-state index is 0.507. The zero-order chi connectivity index (χ0) is 8.67. The third-order valence-electron chi connectivity index (χ3n) is 2.31. The molecule has 0 saturated carbocycles. The molecule has 1 aliphatic rings. The fourth-order valence-electron chi connectivity index (χ4n) is 1.55. The highest BCUT2D eigenvalue weighted by Gasteiger charge is 2.23. The lowest BCUT2D eigenvalue weighted by Crippen LogP contribution is -1.87. The molecule has 13 heavy (non-hydrogen) atoms. The van der Waals surface area contributed by atoms with E-state index >= 15 is 0 Å². The summed E-state index contributed by atoms with van der Waals surface area (Å²) >= 11 is 1.89. The first-order valence-corrected chi connectivity index (χ1v) is 5.32. The summed E-state index contributed by atoms with van der Waals surface area (Å²) in [5.41, 5.74) is 0. The van der Waals surface area contributed by atoms with Crippen LogP contribution in [0.4, 0.5) is 0 Å². The lowest BCUT2D eigenvalue weighted by Gasteiger charge is -1.86. The van der Waals surface area contributed by atoms with E-state index in [1.54, 1.807) is 0 Å². The average molecular weight is 190 g/mol. The van der Waals surface area contributed by atoms with Crippen molar-refractivity contribution in [3.8, 4) is 0 Å². The summed E-state index contributed by atoms with van der Waals surface area (Å²) in [6, 6.07) is 10.8. The smallest absolute Gasteiger partial charge is 0.0858 e. The van der Waals surface area contributed by atoms with E-state index in [4.69, 9.17) is 4.74 Å².